The molecule has 0 radical (unpaired) electrons. The number of rotatable bonds is 3. The van der Waals surface area contributed by atoms with Crippen LogP contribution in [0.25, 0.3) is 0 Å². The molecular weight excluding hydrogens is 266 g/mol. The van der Waals surface area contributed by atoms with Crippen molar-refractivity contribution in [3.63, 3.8) is 0 Å². The van der Waals surface area contributed by atoms with Crippen molar-refractivity contribution >= 4 is 5.91 Å². The SMILES string of the molecule is CCc1nn(C)cc1C(=O)N1CCCC1C1CCCC1O. The van der Waals surface area contributed by atoms with Gasteiger partial charge in [-0.1, -0.05) is 13.3 Å². The Morgan fingerprint density at radius 3 is 2.86 bits per heavy atom. The highest BCUT2D eigenvalue weighted by Crippen LogP contribution is 2.36. The Labute approximate surface area is 125 Å². The molecule has 0 spiro atoms. The van der Waals surface area contributed by atoms with Gasteiger partial charge >= 0.3 is 0 Å². The van der Waals surface area contributed by atoms with E-state index < -0.39 is 0 Å². The fraction of sp³-hybridized carbons (Fsp3) is 0.750. The first-order valence-corrected chi connectivity index (χ1v) is 8.13. The predicted octanol–water partition coefficient (Wildman–Crippen LogP) is 1.75. The number of aromatic nitrogens is 2. The van der Waals surface area contributed by atoms with E-state index in [-0.39, 0.29) is 24.0 Å². The highest BCUT2D eigenvalue weighted by Gasteiger charge is 2.40. The zero-order chi connectivity index (χ0) is 15.0. The van der Waals surface area contributed by atoms with E-state index in [0.29, 0.717) is 0 Å². The summed E-state index contributed by atoms with van der Waals surface area (Å²) >= 11 is 0. The molecule has 1 N–H and O–H groups in total. The first-order chi connectivity index (χ1) is 10.1. The van der Waals surface area contributed by atoms with Crippen molar-refractivity contribution < 1.29 is 9.90 Å². The molecule has 3 unspecified atom stereocenters. The lowest BCUT2D eigenvalue weighted by molar-refractivity contribution is 0.0527. The van der Waals surface area contributed by atoms with Crippen molar-refractivity contribution in [1.29, 1.82) is 0 Å². The number of hydrogen-bond donors (Lipinski definition) is 1. The summed E-state index contributed by atoms with van der Waals surface area (Å²) in [7, 11) is 1.86. The number of hydrogen-bond acceptors (Lipinski definition) is 3. The van der Waals surface area contributed by atoms with Crippen LogP contribution in [-0.2, 0) is 13.5 Å². The van der Waals surface area contributed by atoms with E-state index >= 15 is 0 Å². The number of carbonyl (C=O) groups excluding carboxylic acids is 1. The molecule has 116 valence electrons. The predicted molar refractivity (Wildman–Crippen MR) is 80.0 cm³/mol. The van der Waals surface area contributed by atoms with E-state index in [1.807, 2.05) is 25.1 Å². The minimum Gasteiger partial charge on any atom is -0.393 e. The summed E-state index contributed by atoms with van der Waals surface area (Å²) in [5.41, 5.74) is 1.61. The first-order valence-electron chi connectivity index (χ1n) is 8.13. The Kier molecular flexibility index (Phi) is 4.02. The van der Waals surface area contributed by atoms with Crippen LogP contribution >= 0.6 is 0 Å². The number of amides is 1. The fourth-order valence-corrected chi connectivity index (χ4v) is 4.04. The molecule has 1 aliphatic carbocycles. The van der Waals surface area contributed by atoms with Crippen LogP contribution < -0.4 is 0 Å². The van der Waals surface area contributed by atoms with E-state index in [9.17, 15) is 9.90 Å². The second kappa shape index (κ2) is 5.79. The zero-order valence-corrected chi connectivity index (χ0v) is 13.0. The average molecular weight is 291 g/mol. The van der Waals surface area contributed by atoms with E-state index in [1.165, 1.54) is 0 Å². The molecule has 21 heavy (non-hydrogen) atoms. The highest BCUT2D eigenvalue weighted by atomic mass is 16.3. The standard InChI is InChI=1S/C16H25N3O2/c1-3-13-12(10-18(2)17-13)16(21)19-9-5-7-14(19)11-6-4-8-15(11)20/h10-11,14-15,20H,3-9H2,1-2H3. The van der Waals surface area contributed by atoms with Gasteiger partial charge in [0, 0.05) is 31.7 Å². The van der Waals surface area contributed by atoms with Crippen molar-refractivity contribution in [2.75, 3.05) is 6.54 Å². The molecule has 2 aliphatic rings. The monoisotopic (exact) mass is 291 g/mol. The summed E-state index contributed by atoms with van der Waals surface area (Å²) in [6.45, 7) is 2.84. The van der Waals surface area contributed by atoms with Crippen LogP contribution in [-0.4, -0.2) is 44.4 Å². The smallest absolute Gasteiger partial charge is 0.257 e. The summed E-state index contributed by atoms with van der Waals surface area (Å²) in [5, 5.41) is 14.5. The van der Waals surface area contributed by atoms with Crippen molar-refractivity contribution in [1.82, 2.24) is 14.7 Å². The quantitative estimate of drug-likeness (QED) is 0.923. The normalized spacial score (nSPS) is 29.3. The van der Waals surface area contributed by atoms with Gasteiger partial charge in [0.05, 0.1) is 17.4 Å². The van der Waals surface area contributed by atoms with Crippen LogP contribution in [0.2, 0.25) is 0 Å². The average Bonchev–Trinajstić information content (AvgIpc) is 3.16. The second-order valence-corrected chi connectivity index (χ2v) is 6.39. The van der Waals surface area contributed by atoms with Gasteiger partial charge in [-0.25, -0.2) is 0 Å². The molecule has 3 atom stereocenters. The van der Waals surface area contributed by atoms with E-state index in [1.54, 1.807) is 4.68 Å². The highest BCUT2D eigenvalue weighted by molar-refractivity contribution is 5.95. The van der Waals surface area contributed by atoms with Gasteiger partial charge in [-0.05, 0) is 32.1 Å². The third kappa shape index (κ3) is 2.59. The molecule has 2 heterocycles. The minimum atomic E-state index is -0.233. The lowest BCUT2D eigenvalue weighted by atomic mass is 9.93. The largest absolute Gasteiger partial charge is 0.393 e. The molecule has 0 bridgehead atoms. The lowest BCUT2D eigenvalue weighted by Crippen LogP contribution is -2.42. The minimum absolute atomic E-state index is 0.0987. The van der Waals surface area contributed by atoms with Crippen LogP contribution in [0.5, 0.6) is 0 Å². The van der Waals surface area contributed by atoms with Crippen molar-refractivity contribution in [2.24, 2.45) is 13.0 Å². The maximum absolute atomic E-state index is 12.9. The van der Waals surface area contributed by atoms with Gasteiger partial charge in [-0.3, -0.25) is 9.48 Å². The molecule has 1 saturated heterocycles. The zero-order valence-electron chi connectivity index (χ0n) is 13.0. The van der Waals surface area contributed by atoms with Gasteiger partial charge in [-0.2, -0.15) is 5.10 Å². The van der Waals surface area contributed by atoms with Crippen molar-refractivity contribution in [3.05, 3.63) is 17.5 Å². The van der Waals surface area contributed by atoms with Crippen LogP contribution in [0.3, 0.4) is 0 Å². The Morgan fingerprint density at radius 1 is 1.38 bits per heavy atom. The number of aryl methyl sites for hydroxylation is 2. The molecule has 5 heteroatoms. The summed E-state index contributed by atoms with van der Waals surface area (Å²) < 4.78 is 1.72. The van der Waals surface area contributed by atoms with Crippen LogP contribution in [0.4, 0.5) is 0 Å². The second-order valence-electron chi connectivity index (χ2n) is 6.39. The first kappa shape index (κ1) is 14.6. The van der Waals surface area contributed by atoms with E-state index in [4.69, 9.17) is 0 Å². The summed E-state index contributed by atoms with van der Waals surface area (Å²) in [6, 6.07) is 0.208. The molecule has 5 nitrogen and oxygen atoms in total. The Balaban J connectivity index is 1.82. The van der Waals surface area contributed by atoms with E-state index in [2.05, 4.69) is 5.10 Å². The van der Waals surface area contributed by atoms with Gasteiger partial charge in [0.2, 0.25) is 0 Å². The summed E-state index contributed by atoms with van der Waals surface area (Å²) in [4.78, 5) is 14.9. The molecule has 1 aromatic rings. The fourth-order valence-electron chi connectivity index (χ4n) is 4.04. The van der Waals surface area contributed by atoms with Gasteiger partial charge in [0.25, 0.3) is 5.91 Å². The third-order valence-electron chi connectivity index (χ3n) is 5.06. The number of aliphatic hydroxyl groups is 1. The van der Waals surface area contributed by atoms with Crippen LogP contribution in [0, 0.1) is 5.92 Å². The third-order valence-corrected chi connectivity index (χ3v) is 5.06. The number of likely N-dealkylation sites (tertiary alicyclic amines) is 1. The van der Waals surface area contributed by atoms with Crippen LogP contribution in [0.15, 0.2) is 6.20 Å². The molecule has 1 amide bonds. The van der Waals surface area contributed by atoms with Gasteiger partial charge in [0.1, 0.15) is 0 Å². The number of nitrogens with zero attached hydrogens (tertiary/aromatic N) is 3. The molecule has 1 saturated carbocycles. The van der Waals surface area contributed by atoms with Crippen molar-refractivity contribution in [3.8, 4) is 0 Å². The molecule has 0 aromatic carbocycles. The van der Waals surface area contributed by atoms with Gasteiger partial charge < -0.3 is 10.0 Å². The lowest BCUT2D eigenvalue weighted by Gasteiger charge is -2.31. The molecule has 2 fully saturated rings. The van der Waals surface area contributed by atoms with Gasteiger partial charge in [0.15, 0.2) is 0 Å². The summed E-state index contributed by atoms with van der Waals surface area (Å²) in [5.74, 6) is 0.361. The maximum atomic E-state index is 12.9. The number of aliphatic hydroxyl groups excluding tert-OH is 1. The molecular formula is C16H25N3O2. The Bertz CT molecular complexity index is 526. The van der Waals surface area contributed by atoms with E-state index in [0.717, 1.165) is 56.3 Å². The topological polar surface area (TPSA) is 58.4 Å². The maximum Gasteiger partial charge on any atom is 0.257 e. The van der Waals surface area contributed by atoms with Crippen LogP contribution in [0.1, 0.15) is 55.1 Å². The molecule has 3 rings (SSSR count). The molecule has 1 aromatic heterocycles. The number of carbonyl (C=O) groups is 1. The van der Waals surface area contributed by atoms with Crippen molar-refractivity contribution in [2.45, 2.75) is 57.6 Å². The van der Waals surface area contributed by atoms with Gasteiger partial charge in [-0.15, -0.1) is 0 Å². The summed E-state index contributed by atoms with van der Waals surface area (Å²) in [6.07, 6.45) is 7.45. The Hall–Kier alpha value is -1.36. The Morgan fingerprint density at radius 2 is 2.19 bits per heavy atom. The molecule has 1 aliphatic heterocycles.